The average molecular weight is 635 g/mol. The van der Waals surface area contributed by atoms with E-state index < -0.39 is 0 Å². The molecule has 8 aromatic carbocycles. The molecule has 0 saturated heterocycles. The predicted molar refractivity (Wildman–Crippen MR) is 209 cm³/mol. The molecule has 0 bridgehead atoms. The number of hydrogen-bond acceptors (Lipinski definition) is 0. The summed E-state index contributed by atoms with van der Waals surface area (Å²) >= 11 is 0. The lowest BCUT2D eigenvalue weighted by molar-refractivity contribution is 1.01. The van der Waals surface area contributed by atoms with Gasteiger partial charge < -0.3 is 0 Å². The molecule has 0 heterocycles. The summed E-state index contributed by atoms with van der Waals surface area (Å²) in [5.41, 5.74) is 22.4. The van der Waals surface area contributed by atoms with Crippen LogP contribution in [0.5, 0.6) is 0 Å². The summed E-state index contributed by atoms with van der Waals surface area (Å²) in [7, 11) is 0. The Morgan fingerprint density at radius 2 is 0.760 bits per heavy atom. The van der Waals surface area contributed by atoms with Gasteiger partial charge in [-0.05, 0) is 125 Å². The van der Waals surface area contributed by atoms with Crippen LogP contribution in [0.4, 0.5) is 0 Å². The molecule has 10 rings (SSSR count). The van der Waals surface area contributed by atoms with Crippen molar-refractivity contribution in [3.63, 3.8) is 0 Å². The van der Waals surface area contributed by atoms with Crippen molar-refractivity contribution in [2.75, 3.05) is 0 Å². The molecule has 50 heavy (non-hydrogen) atoms. The number of fused-ring (bicyclic) bond motifs is 6. The second-order valence-corrected chi connectivity index (χ2v) is 13.7. The van der Waals surface area contributed by atoms with E-state index in [0.29, 0.717) is 0 Å². The van der Waals surface area contributed by atoms with Crippen molar-refractivity contribution in [2.45, 2.75) is 12.3 Å². The summed E-state index contributed by atoms with van der Waals surface area (Å²) in [5, 5.41) is 0. The van der Waals surface area contributed by atoms with Crippen molar-refractivity contribution >= 4 is 0 Å². The molecule has 0 amide bonds. The lowest BCUT2D eigenvalue weighted by Crippen LogP contribution is -2.00. The second-order valence-electron chi connectivity index (χ2n) is 13.7. The molecule has 0 N–H and O–H groups in total. The molecule has 2 aliphatic carbocycles. The molecule has 0 aromatic heterocycles. The van der Waals surface area contributed by atoms with E-state index in [0.717, 1.165) is 6.42 Å². The maximum absolute atomic E-state index is 2.50. The predicted octanol–water partition coefficient (Wildman–Crippen LogP) is 13.1. The third kappa shape index (κ3) is 4.84. The molecule has 0 nitrogen and oxygen atoms in total. The molecule has 8 aromatic rings. The van der Waals surface area contributed by atoms with E-state index >= 15 is 0 Å². The maximum Gasteiger partial charge on any atom is 0.0352 e. The molecule has 0 fully saturated rings. The molecule has 0 heteroatoms. The first-order chi connectivity index (χ1) is 24.8. The fourth-order valence-corrected chi connectivity index (χ4v) is 8.31. The number of benzene rings is 8. The minimum Gasteiger partial charge on any atom is -0.0622 e. The van der Waals surface area contributed by atoms with Gasteiger partial charge in [-0.1, -0.05) is 164 Å². The Morgan fingerprint density at radius 3 is 1.40 bits per heavy atom. The zero-order valence-corrected chi connectivity index (χ0v) is 27.7. The summed E-state index contributed by atoms with van der Waals surface area (Å²) < 4.78 is 0. The van der Waals surface area contributed by atoms with Gasteiger partial charge in [-0.15, -0.1) is 0 Å². The number of rotatable bonds is 5. The van der Waals surface area contributed by atoms with Gasteiger partial charge in [0, 0.05) is 5.92 Å². The highest BCUT2D eigenvalue weighted by molar-refractivity contribution is 5.89. The van der Waals surface area contributed by atoms with Crippen LogP contribution in [0.1, 0.15) is 33.7 Å². The Balaban J connectivity index is 1.04. The lowest BCUT2D eigenvalue weighted by atomic mass is 9.86. The van der Waals surface area contributed by atoms with Crippen molar-refractivity contribution in [1.29, 1.82) is 0 Å². The normalized spacial score (nSPS) is 13.7. The minimum atomic E-state index is 0.221. The van der Waals surface area contributed by atoms with Crippen LogP contribution in [0, 0.1) is 0 Å². The zero-order valence-electron chi connectivity index (χ0n) is 27.7. The fraction of sp³-hybridized carbons (Fsp3) is 0.0400. The molecule has 0 radical (unpaired) electrons. The van der Waals surface area contributed by atoms with Crippen molar-refractivity contribution in [3.05, 3.63) is 216 Å². The molecule has 2 aliphatic rings. The van der Waals surface area contributed by atoms with Gasteiger partial charge in [0.25, 0.3) is 0 Å². The van der Waals surface area contributed by atoms with Gasteiger partial charge in [0.05, 0.1) is 0 Å². The third-order valence-electron chi connectivity index (χ3n) is 10.8. The number of hydrogen-bond donors (Lipinski definition) is 0. The van der Waals surface area contributed by atoms with Crippen LogP contribution < -0.4 is 0 Å². The SMILES string of the molecule is c1ccc(-c2ccc(-c3cc(-c4ccccc4)cc(-c4ccc(C5c6ccccc6-c6cc7c(cc65)Cc5ccccc5-7)cc4)c3)cc2)cc1. The minimum absolute atomic E-state index is 0.221. The van der Waals surface area contributed by atoms with E-state index in [2.05, 4.69) is 188 Å². The molecular weight excluding hydrogens is 601 g/mol. The van der Waals surface area contributed by atoms with Gasteiger partial charge >= 0.3 is 0 Å². The van der Waals surface area contributed by atoms with Crippen LogP contribution in [0.2, 0.25) is 0 Å². The molecule has 0 aliphatic heterocycles. The Labute approximate surface area is 294 Å². The Bertz CT molecular complexity index is 2520. The summed E-state index contributed by atoms with van der Waals surface area (Å²) in [4.78, 5) is 0. The van der Waals surface area contributed by atoms with Crippen molar-refractivity contribution in [2.24, 2.45) is 0 Å². The van der Waals surface area contributed by atoms with Crippen molar-refractivity contribution < 1.29 is 0 Å². The van der Waals surface area contributed by atoms with E-state index in [1.165, 1.54) is 94.6 Å². The summed E-state index contributed by atoms with van der Waals surface area (Å²) in [6.45, 7) is 0. The van der Waals surface area contributed by atoms with E-state index in [1.807, 2.05) is 0 Å². The molecule has 0 saturated carbocycles. The highest BCUT2D eigenvalue weighted by atomic mass is 14.4. The zero-order chi connectivity index (χ0) is 33.0. The van der Waals surface area contributed by atoms with Gasteiger partial charge in [0.15, 0.2) is 0 Å². The van der Waals surface area contributed by atoms with E-state index in [4.69, 9.17) is 0 Å². The van der Waals surface area contributed by atoms with Gasteiger partial charge in [0.1, 0.15) is 0 Å². The summed E-state index contributed by atoms with van der Waals surface area (Å²) in [5.74, 6) is 0.221. The average Bonchev–Trinajstić information content (AvgIpc) is 3.72. The van der Waals surface area contributed by atoms with Gasteiger partial charge in [-0.25, -0.2) is 0 Å². The van der Waals surface area contributed by atoms with Gasteiger partial charge in [0.2, 0.25) is 0 Å². The highest BCUT2D eigenvalue weighted by Crippen LogP contribution is 2.51. The molecule has 1 atom stereocenters. The first-order valence-electron chi connectivity index (χ1n) is 17.6. The topological polar surface area (TPSA) is 0 Å². The van der Waals surface area contributed by atoms with Gasteiger partial charge in [-0.2, -0.15) is 0 Å². The fourth-order valence-electron chi connectivity index (χ4n) is 8.31. The quantitative estimate of drug-likeness (QED) is 0.177. The monoisotopic (exact) mass is 634 g/mol. The molecular formula is C50H34. The van der Waals surface area contributed by atoms with Crippen LogP contribution in [0.25, 0.3) is 66.8 Å². The van der Waals surface area contributed by atoms with Crippen molar-refractivity contribution in [3.8, 4) is 66.8 Å². The van der Waals surface area contributed by atoms with E-state index in [1.54, 1.807) is 0 Å². The molecule has 1 unspecified atom stereocenters. The smallest absolute Gasteiger partial charge is 0.0352 e. The van der Waals surface area contributed by atoms with E-state index in [9.17, 15) is 0 Å². The lowest BCUT2D eigenvalue weighted by Gasteiger charge is -2.17. The highest BCUT2D eigenvalue weighted by Gasteiger charge is 2.32. The molecule has 0 spiro atoms. The Morgan fingerprint density at radius 1 is 0.280 bits per heavy atom. The molecule has 234 valence electrons. The first-order valence-corrected chi connectivity index (χ1v) is 17.6. The maximum atomic E-state index is 2.50. The largest absolute Gasteiger partial charge is 0.0622 e. The first kappa shape index (κ1) is 28.7. The Kier molecular flexibility index (Phi) is 6.74. The van der Waals surface area contributed by atoms with E-state index in [-0.39, 0.29) is 5.92 Å². The van der Waals surface area contributed by atoms with Crippen LogP contribution in [-0.4, -0.2) is 0 Å². The second kappa shape index (κ2) is 11.7. The van der Waals surface area contributed by atoms with Crippen LogP contribution >= 0.6 is 0 Å². The van der Waals surface area contributed by atoms with Crippen LogP contribution in [0.3, 0.4) is 0 Å². The summed E-state index contributed by atoms with van der Waals surface area (Å²) in [6, 6.07) is 69.6. The summed E-state index contributed by atoms with van der Waals surface area (Å²) in [6.07, 6.45) is 1.01. The van der Waals surface area contributed by atoms with Gasteiger partial charge in [-0.3, -0.25) is 0 Å². The third-order valence-corrected chi connectivity index (χ3v) is 10.8. The standard InChI is InChI=1S/C50H34/c1-3-11-33(12-4-1)35-19-21-36(22-20-35)41-28-40(34-13-5-2-6-14-34)29-42(30-41)37-23-25-38(26-24-37)50-46-18-10-9-17-45(46)48-32-47-43(31-49(48)50)27-39-15-7-8-16-44(39)47/h1-26,28-32,50H,27H2. The van der Waals surface area contributed by atoms with Crippen LogP contribution in [0.15, 0.2) is 188 Å². The van der Waals surface area contributed by atoms with Crippen molar-refractivity contribution in [1.82, 2.24) is 0 Å². The van der Waals surface area contributed by atoms with Crippen LogP contribution in [-0.2, 0) is 6.42 Å². The Hall–Kier alpha value is -6.24.